The predicted octanol–water partition coefficient (Wildman–Crippen LogP) is 8.73. The number of anilines is 1. The van der Waals surface area contributed by atoms with Gasteiger partial charge in [0.2, 0.25) is 10.0 Å². The molecule has 0 aliphatic heterocycles. The highest BCUT2D eigenvalue weighted by Crippen LogP contribution is 2.28. The van der Waals surface area contributed by atoms with Gasteiger partial charge in [0.05, 0.1) is 34.9 Å². The first-order chi connectivity index (χ1) is 19.0. The molecule has 1 rings (SSSR count). The highest BCUT2D eigenvalue weighted by atomic mass is 35.5. The molecule has 230 valence electrons. The van der Waals surface area contributed by atoms with E-state index in [-0.39, 0.29) is 17.4 Å². The van der Waals surface area contributed by atoms with Crippen LogP contribution in [0.3, 0.4) is 0 Å². The summed E-state index contributed by atoms with van der Waals surface area (Å²) in [4.78, 5) is 11.9. The Morgan fingerprint density at radius 2 is 1.38 bits per heavy atom. The van der Waals surface area contributed by atoms with Crippen LogP contribution in [0.15, 0.2) is 35.1 Å². The summed E-state index contributed by atoms with van der Waals surface area (Å²) in [5, 5.41) is 3.20. The van der Waals surface area contributed by atoms with Crippen molar-refractivity contribution >= 4 is 33.3 Å². The molecular weight excluding hydrogens is 548 g/mol. The molecule has 40 heavy (non-hydrogen) atoms. The van der Waals surface area contributed by atoms with Crippen molar-refractivity contribution in [1.82, 2.24) is 4.72 Å². The van der Waals surface area contributed by atoms with Gasteiger partial charge in [-0.25, -0.2) is 17.9 Å². The van der Waals surface area contributed by atoms with Crippen LogP contribution in [0.5, 0.6) is 0 Å². The number of halogens is 1. The van der Waals surface area contributed by atoms with E-state index in [9.17, 15) is 13.2 Å². The zero-order valence-corrected chi connectivity index (χ0v) is 27.0. The Morgan fingerprint density at radius 1 is 0.850 bits per heavy atom. The van der Waals surface area contributed by atoms with Crippen LogP contribution < -0.4 is 10.0 Å². The molecule has 0 aliphatic rings. The number of hydrogen-bond donors (Lipinski definition) is 2. The van der Waals surface area contributed by atoms with Crippen molar-refractivity contribution in [2.45, 2.75) is 135 Å². The molecule has 0 amide bonds. The van der Waals surface area contributed by atoms with Crippen LogP contribution >= 0.6 is 11.6 Å². The van der Waals surface area contributed by atoms with Crippen molar-refractivity contribution in [3.8, 4) is 0 Å². The van der Waals surface area contributed by atoms with Gasteiger partial charge in [-0.2, -0.15) is 0 Å². The summed E-state index contributed by atoms with van der Waals surface area (Å²) < 4.78 is 39.7. The van der Waals surface area contributed by atoms with Gasteiger partial charge in [0, 0.05) is 5.54 Å². The van der Waals surface area contributed by atoms with Gasteiger partial charge in [-0.1, -0.05) is 102 Å². The van der Waals surface area contributed by atoms with Crippen LogP contribution in [0.2, 0.25) is 5.02 Å². The lowest BCUT2D eigenvalue weighted by atomic mass is 9.97. The van der Waals surface area contributed by atoms with E-state index in [1.807, 2.05) is 13.8 Å². The molecule has 0 spiro atoms. The smallest absolute Gasteiger partial charge is 0.336 e. The zero-order valence-electron chi connectivity index (χ0n) is 25.5. The molecule has 2 N–H and O–H groups in total. The van der Waals surface area contributed by atoms with Crippen LogP contribution in [0, 0.1) is 0 Å². The number of carbonyl (C=O) groups excluding carboxylic acids is 1. The van der Waals surface area contributed by atoms with E-state index in [0.29, 0.717) is 17.3 Å². The lowest BCUT2D eigenvalue weighted by Crippen LogP contribution is -2.43. The monoisotopic (exact) mass is 600 g/mol. The summed E-state index contributed by atoms with van der Waals surface area (Å²) >= 11 is 6.31. The van der Waals surface area contributed by atoms with E-state index in [4.69, 9.17) is 21.1 Å². The maximum Gasteiger partial charge on any atom is 0.336 e. The Hall–Kier alpha value is -1.77. The number of nitrogens with one attached hydrogen (secondary N) is 2. The van der Waals surface area contributed by atoms with Crippen molar-refractivity contribution in [1.29, 1.82) is 0 Å². The third kappa shape index (κ3) is 15.9. The summed E-state index contributed by atoms with van der Waals surface area (Å²) in [5.74, 6) is -0.456. The second kappa shape index (κ2) is 20.2. The fraction of sp³-hybridized carbons (Fsp3) is 0.710. The molecule has 0 saturated heterocycles. The first-order valence-electron chi connectivity index (χ1n) is 15.2. The quantitative estimate of drug-likeness (QED) is 0.0564. The number of unbranched alkanes of at least 4 members (excludes halogenated alkanes) is 12. The van der Waals surface area contributed by atoms with E-state index in [0.717, 1.165) is 19.3 Å². The van der Waals surface area contributed by atoms with Crippen molar-refractivity contribution in [3.05, 3.63) is 35.2 Å². The molecule has 0 aromatic heterocycles. The summed E-state index contributed by atoms with van der Waals surface area (Å²) in [6.07, 6.45) is 18.5. The molecule has 9 heteroatoms. The number of ether oxygens (including phenoxy) is 2. The Labute approximate surface area is 248 Å². The third-order valence-electron chi connectivity index (χ3n) is 6.66. The fourth-order valence-corrected chi connectivity index (χ4v) is 6.15. The average molecular weight is 601 g/mol. The largest absolute Gasteiger partial charge is 0.479 e. The number of benzene rings is 1. The molecule has 0 aliphatic carbocycles. The minimum absolute atomic E-state index is 0.0739. The number of carbonyl (C=O) groups is 1. The van der Waals surface area contributed by atoms with Gasteiger partial charge in [-0.05, 0) is 52.3 Å². The second-order valence-electron chi connectivity index (χ2n) is 10.9. The number of esters is 1. The fourth-order valence-electron chi connectivity index (χ4n) is 4.52. The van der Waals surface area contributed by atoms with E-state index < -0.39 is 21.5 Å². The highest BCUT2D eigenvalue weighted by Gasteiger charge is 2.26. The van der Waals surface area contributed by atoms with E-state index >= 15 is 0 Å². The maximum absolute atomic E-state index is 13.2. The van der Waals surface area contributed by atoms with Gasteiger partial charge in [-0.3, -0.25) is 0 Å². The zero-order chi connectivity index (χ0) is 29.9. The van der Waals surface area contributed by atoms with Crippen LogP contribution in [0.25, 0.3) is 0 Å². The van der Waals surface area contributed by atoms with Crippen molar-refractivity contribution < 1.29 is 22.7 Å². The van der Waals surface area contributed by atoms with Gasteiger partial charge >= 0.3 is 5.97 Å². The lowest BCUT2D eigenvalue weighted by molar-refractivity contribution is -0.137. The Morgan fingerprint density at radius 3 is 1.90 bits per heavy atom. The molecule has 0 atom stereocenters. The predicted molar refractivity (Wildman–Crippen MR) is 166 cm³/mol. The van der Waals surface area contributed by atoms with Gasteiger partial charge in [0.15, 0.2) is 5.88 Å². The number of hydrogen-bond acceptors (Lipinski definition) is 6. The maximum atomic E-state index is 13.2. The van der Waals surface area contributed by atoms with Gasteiger partial charge in [0.25, 0.3) is 0 Å². The SMILES string of the molecule is CCCCCCCCCCCCCCCC(C)(C)NS(=O)(=O)c1ccc(Cl)c(NC(=CC(=O)OCC)OCC)c1. The standard InChI is InChI=1S/C31H53ClN2O5S/c1-6-9-10-11-12-13-14-15-16-17-18-19-20-23-31(4,5)34-40(36,37)26-21-22-27(32)28(24-26)33-29(38-7-2)25-30(35)39-8-3/h21-22,24-25,33-34H,6-20,23H2,1-5H3. The number of rotatable bonds is 23. The summed E-state index contributed by atoms with van der Waals surface area (Å²) in [5.41, 5.74) is -0.285. The van der Waals surface area contributed by atoms with E-state index in [1.54, 1.807) is 13.8 Å². The molecule has 0 saturated carbocycles. The third-order valence-corrected chi connectivity index (χ3v) is 8.68. The molecule has 1 aromatic rings. The molecule has 7 nitrogen and oxygen atoms in total. The normalized spacial score (nSPS) is 12.4. The van der Waals surface area contributed by atoms with E-state index in [1.165, 1.54) is 94.9 Å². The Balaban J connectivity index is 2.55. The molecular formula is C31H53ClN2O5S. The average Bonchev–Trinajstić information content (AvgIpc) is 2.87. The molecule has 0 bridgehead atoms. The van der Waals surface area contributed by atoms with Crippen LogP contribution in [0.1, 0.15) is 125 Å². The minimum atomic E-state index is -3.81. The first kappa shape index (κ1) is 36.3. The van der Waals surface area contributed by atoms with Crippen LogP contribution in [0.4, 0.5) is 5.69 Å². The molecule has 0 unspecified atom stereocenters. The highest BCUT2D eigenvalue weighted by molar-refractivity contribution is 7.89. The summed E-state index contributed by atoms with van der Waals surface area (Å²) in [6, 6.07) is 4.41. The topological polar surface area (TPSA) is 93.7 Å². The molecule has 0 fully saturated rings. The van der Waals surface area contributed by atoms with Crippen LogP contribution in [-0.4, -0.2) is 33.1 Å². The Kier molecular flexibility index (Phi) is 18.3. The van der Waals surface area contributed by atoms with Crippen molar-refractivity contribution in [3.63, 3.8) is 0 Å². The van der Waals surface area contributed by atoms with Crippen molar-refractivity contribution in [2.24, 2.45) is 0 Å². The first-order valence-corrected chi connectivity index (χ1v) is 17.0. The van der Waals surface area contributed by atoms with Gasteiger partial charge in [0.1, 0.15) is 0 Å². The van der Waals surface area contributed by atoms with Gasteiger partial charge in [-0.15, -0.1) is 0 Å². The van der Waals surface area contributed by atoms with Crippen molar-refractivity contribution in [2.75, 3.05) is 18.5 Å². The summed E-state index contributed by atoms with van der Waals surface area (Å²) in [6.45, 7) is 10.1. The molecule has 0 heterocycles. The Bertz CT molecular complexity index is 995. The minimum Gasteiger partial charge on any atom is -0.479 e. The van der Waals surface area contributed by atoms with E-state index in [2.05, 4.69) is 17.0 Å². The second-order valence-corrected chi connectivity index (χ2v) is 13.0. The number of sulfonamides is 1. The summed E-state index contributed by atoms with van der Waals surface area (Å²) in [7, 11) is -3.81. The molecule has 0 radical (unpaired) electrons. The van der Waals surface area contributed by atoms with Gasteiger partial charge < -0.3 is 14.8 Å². The lowest BCUT2D eigenvalue weighted by Gasteiger charge is -2.26. The molecule has 1 aromatic carbocycles. The van der Waals surface area contributed by atoms with Crippen LogP contribution in [-0.2, 0) is 24.3 Å².